The number of pyridine rings is 1. The summed E-state index contributed by atoms with van der Waals surface area (Å²) in [5.74, 6) is -1.37. The van der Waals surface area contributed by atoms with Gasteiger partial charge in [-0.15, -0.1) is 0 Å². The average Bonchev–Trinajstić information content (AvgIpc) is 3.19. The molecule has 184 valence electrons. The zero-order valence-corrected chi connectivity index (χ0v) is 22.2. The van der Waals surface area contributed by atoms with Crippen LogP contribution in [0.15, 0.2) is 41.1 Å². The van der Waals surface area contributed by atoms with Crippen LogP contribution in [0.25, 0.3) is 5.82 Å². The van der Waals surface area contributed by atoms with Crippen molar-refractivity contribution in [1.29, 1.82) is 0 Å². The first-order valence-electron chi connectivity index (χ1n) is 10.1. The van der Waals surface area contributed by atoms with E-state index in [1.165, 1.54) is 34.8 Å². The van der Waals surface area contributed by atoms with Crippen LogP contribution in [0, 0.1) is 6.92 Å². The second kappa shape index (κ2) is 11.2. The number of nitrogens with zero attached hydrogens (tertiary/aromatic N) is 4. The lowest BCUT2D eigenvalue weighted by molar-refractivity contribution is -0.143. The molecule has 0 spiro atoms. The van der Waals surface area contributed by atoms with E-state index < -0.39 is 17.9 Å². The van der Waals surface area contributed by atoms with Gasteiger partial charge in [0.25, 0.3) is 17.7 Å². The summed E-state index contributed by atoms with van der Waals surface area (Å²) in [5.41, 5.74) is 3.11. The highest BCUT2D eigenvalue weighted by Crippen LogP contribution is 2.28. The van der Waals surface area contributed by atoms with Crippen LogP contribution in [0.4, 0.5) is 5.69 Å². The van der Waals surface area contributed by atoms with Crippen molar-refractivity contribution in [2.45, 2.75) is 20.0 Å². The van der Waals surface area contributed by atoms with Crippen LogP contribution in [0.3, 0.4) is 0 Å². The largest absolute Gasteiger partial charge is 0.346 e. The van der Waals surface area contributed by atoms with Gasteiger partial charge >= 0.3 is 0 Å². The van der Waals surface area contributed by atoms with Gasteiger partial charge in [-0.1, -0.05) is 23.2 Å². The summed E-state index contributed by atoms with van der Waals surface area (Å²) in [6.07, 6.45) is 0.592. The van der Waals surface area contributed by atoms with Crippen molar-refractivity contribution in [3.63, 3.8) is 0 Å². The summed E-state index contributed by atoms with van der Waals surface area (Å²) in [5, 5.41) is 7.54. The molecule has 3 aromatic rings. The Labute approximate surface area is 219 Å². The Kier molecular flexibility index (Phi) is 8.49. The lowest BCUT2D eigenvalue weighted by Gasteiger charge is -2.18. The number of hydroxylamine groups is 1. The lowest BCUT2D eigenvalue weighted by Crippen LogP contribution is -2.39. The number of likely N-dealkylation sites (N-methyl/N-ethyl adjacent to an activating group) is 1. The van der Waals surface area contributed by atoms with Gasteiger partial charge in [0.2, 0.25) is 0 Å². The molecule has 0 saturated heterocycles. The van der Waals surface area contributed by atoms with Crippen molar-refractivity contribution < 1.29 is 19.2 Å². The van der Waals surface area contributed by atoms with E-state index in [0.717, 1.165) is 0 Å². The Balaban J connectivity index is 1.91. The second-order valence-electron chi connectivity index (χ2n) is 7.60. The Morgan fingerprint density at radius 2 is 1.89 bits per heavy atom. The first-order chi connectivity index (χ1) is 16.5. The highest BCUT2D eigenvalue weighted by Gasteiger charge is 2.24. The number of halogens is 3. The van der Waals surface area contributed by atoms with Crippen molar-refractivity contribution in [1.82, 2.24) is 25.1 Å². The van der Waals surface area contributed by atoms with Crippen LogP contribution in [0.2, 0.25) is 10.0 Å². The normalized spacial score (nSPS) is 11.6. The number of amides is 3. The summed E-state index contributed by atoms with van der Waals surface area (Å²) in [4.78, 5) is 48.9. The number of rotatable bonds is 7. The third-order valence-electron chi connectivity index (χ3n) is 4.75. The number of carbonyl (C=O) groups is 3. The SMILES string of the molecule is Cc1cc(Cl)cc(C(=O)NOC(C)C(=O)N(C)C)c1NC(=O)c1cc(Br)nn1-c1ncccc1Cl. The molecule has 0 fully saturated rings. The minimum atomic E-state index is -0.929. The zero-order valence-electron chi connectivity index (χ0n) is 19.1. The fourth-order valence-corrected chi connectivity index (χ4v) is 3.94. The van der Waals surface area contributed by atoms with E-state index in [0.29, 0.717) is 15.2 Å². The van der Waals surface area contributed by atoms with Gasteiger partial charge < -0.3 is 10.2 Å². The van der Waals surface area contributed by atoms with E-state index in [9.17, 15) is 14.4 Å². The number of aromatic nitrogens is 3. The summed E-state index contributed by atoms with van der Waals surface area (Å²) < 4.78 is 1.66. The van der Waals surface area contributed by atoms with Gasteiger partial charge in [0, 0.05) is 31.4 Å². The third kappa shape index (κ3) is 6.17. The van der Waals surface area contributed by atoms with E-state index in [1.54, 1.807) is 39.2 Å². The fourth-order valence-electron chi connectivity index (χ4n) is 3.09. The van der Waals surface area contributed by atoms with Gasteiger partial charge in [-0.2, -0.15) is 5.10 Å². The third-order valence-corrected chi connectivity index (χ3v) is 5.65. The highest BCUT2D eigenvalue weighted by molar-refractivity contribution is 9.10. The Morgan fingerprint density at radius 3 is 2.54 bits per heavy atom. The van der Waals surface area contributed by atoms with Crippen LogP contribution >= 0.6 is 39.1 Å². The van der Waals surface area contributed by atoms with E-state index in [1.807, 2.05) is 0 Å². The van der Waals surface area contributed by atoms with Gasteiger partial charge in [0.05, 0.1) is 16.3 Å². The molecular formula is C22H21BrCl2N6O4. The van der Waals surface area contributed by atoms with Crippen LogP contribution < -0.4 is 10.8 Å². The predicted molar refractivity (Wildman–Crippen MR) is 135 cm³/mol. The van der Waals surface area contributed by atoms with Crippen molar-refractivity contribution in [2.24, 2.45) is 0 Å². The molecule has 10 nitrogen and oxygen atoms in total. The van der Waals surface area contributed by atoms with Crippen molar-refractivity contribution in [3.05, 3.63) is 68.0 Å². The second-order valence-corrected chi connectivity index (χ2v) is 9.25. The molecule has 35 heavy (non-hydrogen) atoms. The molecule has 0 radical (unpaired) electrons. The molecule has 2 aromatic heterocycles. The molecule has 1 atom stereocenters. The molecule has 3 amide bonds. The Morgan fingerprint density at radius 1 is 1.17 bits per heavy atom. The van der Waals surface area contributed by atoms with Gasteiger partial charge in [-0.05, 0) is 59.6 Å². The number of hydrogen-bond acceptors (Lipinski definition) is 6. The molecule has 3 rings (SSSR count). The fraction of sp³-hybridized carbons (Fsp3) is 0.227. The number of hydrogen-bond donors (Lipinski definition) is 2. The highest BCUT2D eigenvalue weighted by atomic mass is 79.9. The van der Waals surface area contributed by atoms with E-state index >= 15 is 0 Å². The molecule has 2 heterocycles. The van der Waals surface area contributed by atoms with E-state index in [-0.39, 0.29) is 33.7 Å². The number of anilines is 1. The quantitative estimate of drug-likeness (QED) is 0.405. The molecule has 1 aromatic carbocycles. The maximum atomic E-state index is 13.3. The van der Waals surface area contributed by atoms with Crippen LogP contribution in [0.1, 0.15) is 33.3 Å². The first-order valence-corrected chi connectivity index (χ1v) is 11.7. The average molecular weight is 584 g/mol. The van der Waals surface area contributed by atoms with Gasteiger partial charge in [0.15, 0.2) is 11.9 Å². The smallest absolute Gasteiger partial charge is 0.277 e. The summed E-state index contributed by atoms with van der Waals surface area (Å²) in [7, 11) is 3.14. The van der Waals surface area contributed by atoms with Crippen molar-refractivity contribution in [3.8, 4) is 5.82 Å². The number of nitrogens with one attached hydrogen (secondary N) is 2. The van der Waals surface area contributed by atoms with Crippen LogP contribution in [-0.2, 0) is 9.63 Å². The van der Waals surface area contributed by atoms with E-state index in [2.05, 4.69) is 36.8 Å². The molecule has 0 aliphatic carbocycles. The van der Waals surface area contributed by atoms with Crippen LogP contribution in [-0.4, -0.2) is 57.6 Å². The van der Waals surface area contributed by atoms with Gasteiger partial charge in [-0.3, -0.25) is 19.2 Å². The number of aryl methyl sites for hydroxylation is 1. The molecular weight excluding hydrogens is 563 g/mol. The van der Waals surface area contributed by atoms with Crippen molar-refractivity contribution >= 4 is 62.5 Å². The Hall–Kier alpha value is -2.99. The summed E-state index contributed by atoms with van der Waals surface area (Å²) in [6.45, 7) is 3.18. The Bertz CT molecular complexity index is 1300. The standard InChI is InChI=1S/C22H21BrCl2N6O4/c1-11-8-13(24)9-14(20(32)29-35-12(2)22(34)30(3)4)18(11)27-21(33)16-10-17(23)28-31(16)19-15(25)6-5-7-26-19/h5-10,12H,1-4H3,(H,27,33)(H,29,32). The molecule has 0 aliphatic heterocycles. The molecule has 2 N–H and O–H groups in total. The minimum Gasteiger partial charge on any atom is -0.346 e. The number of carbonyl (C=O) groups excluding carboxylic acids is 3. The maximum absolute atomic E-state index is 13.3. The van der Waals surface area contributed by atoms with Gasteiger partial charge in [-0.25, -0.2) is 15.1 Å². The molecule has 1 unspecified atom stereocenters. The molecule has 0 bridgehead atoms. The van der Waals surface area contributed by atoms with Crippen LogP contribution in [0.5, 0.6) is 0 Å². The van der Waals surface area contributed by atoms with Crippen molar-refractivity contribution in [2.75, 3.05) is 19.4 Å². The molecule has 0 aliphatic rings. The van der Waals surface area contributed by atoms with E-state index in [4.69, 9.17) is 28.0 Å². The summed E-state index contributed by atoms with van der Waals surface area (Å²) in [6, 6.07) is 7.74. The monoisotopic (exact) mass is 582 g/mol. The topological polar surface area (TPSA) is 118 Å². The molecule has 0 saturated carbocycles. The summed E-state index contributed by atoms with van der Waals surface area (Å²) >= 11 is 15.7. The zero-order chi connectivity index (χ0) is 25.9. The predicted octanol–water partition coefficient (Wildman–Crippen LogP) is 4.04. The lowest BCUT2D eigenvalue weighted by atomic mass is 10.1. The van der Waals surface area contributed by atoms with Gasteiger partial charge in [0.1, 0.15) is 10.3 Å². The number of benzene rings is 1. The minimum absolute atomic E-state index is 0.0360. The maximum Gasteiger partial charge on any atom is 0.277 e. The molecule has 13 heteroatoms. The first kappa shape index (κ1) is 26.6.